The Kier molecular flexibility index (Phi) is 6.57. The van der Waals surface area contributed by atoms with Crippen LogP contribution in [0.15, 0.2) is 67.0 Å². The molecule has 1 fully saturated rings. The van der Waals surface area contributed by atoms with Gasteiger partial charge in [0.15, 0.2) is 0 Å². The number of hydrogen-bond acceptors (Lipinski definition) is 5. The average molecular weight is 405 g/mol. The van der Waals surface area contributed by atoms with Crippen LogP contribution in [0, 0.1) is 0 Å². The van der Waals surface area contributed by atoms with Gasteiger partial charge >= 0.3 is 5.97 Å². The number of piperazine rings is 1. The maximum absolute atomic E-state index is 11.6. The van der Waals surface area contributed by atoms with Crippen molar-refractivity contribution in [2.24, 2.45) is 0 Å². The third-order valence-corrected chi connectivity index (χ3v) is 5.65. The number of esters is 1. The third kappa shape index (κ3) is 4.96. The summed E-state index contributed by atoms with van der Waals surface area (Å²) >= 11 is 0. The molecule has 1 aliphatic rings. The van der Waals surface area contributed by atoms with E-state index in [9.17, 15) is 4.79 Å². The Balaban J connectivity index is 1.25. The molecule has 0 radical (unpaired) electrons. The number of aromatic nitrogens is 2. The Morgan fingerprint density at radius 1 is 0.933 bits per heavy atom. The first kappa shape index (κ1) is 20.3. The van der Waals surface area contributed by atoms with Gasteiger partial charge < -0.3 is 9.30 Å². The van der Waals surface area contributed by atoms with Crippen molar-refractivity contribution in [1.82, 2.24) is 19.4 Å². The van der Waals surface area contributed by atoms with Gasteiger partial charge in [0.05, 0.1) is 12.7 Å². The van der Waals surface area contributed by atoms with Crippen LogP contribution >= 0.6 is 0 Å². The molecule has 6 heteroatoms. The van der Waals surface area contributed by atoms with Crippen LogP contribution in [0.5, 0.6) is 0 Å². The summed E-state index contributed by atoms with van der Waals surface area (Å²) in [7, 11) is 1.41. The molecule has 0 saturated carbocycles. The van der Waals surface area contributed by atoms with E-state index >= 15 is 0 Å². The lowest BCUT2D eigenvalue weighted by molar-refractivity contribution is 0.0600. The van der Waals surface area contributed by atoms with Gasteiger partial charge in [0.2, 0.25) is 0 Å². The van der Waals surface area contributed by atoms with Gasteiger partial charge in [-0.3, -0.25) is 9.80 Å². The van der Waals surface area contributed by atoms with E-state index in [1.54, 1.807) is 0 Å². The molecule has 1 aliphatic heterocycles. The summed E-state index contributed by atoms with van der Waals surface area (Å²) < 4.78 is 7.00. The van der Waals surface area contributed by atoms with Gasteiger partial charge in [0.1, 0.15) is 5.82 Å². The Labute approximate surface area is 177 Å². The van der Waals surface area contributed by atoms with Crippen LogP contribution in [0.4, 0.5) is 0 Å². The molecule has 3 aromatic rings. The second-order valence-corrected chi connectivity index (χ2v) is 7.62. The highest BCUT2D eigenvalue weighted by molar-refractivity contribution is 5.89. The Hall–Kier alpha value is -2.96. The maximum atomic E-state index is 11.6. The zero-order chi connectivity index (χ0) is 20.8. The average Bonchev–Trinajstić information content (AvgIpc) is 3.28. The van der Waals surface area contributed by atoms with E-state index in [0.29, 0.717) is 5.56 Å². The minimum atomic E-state index is -0.288. The normalized spacial score (nSPS) is 15.2. The van der Waals surface area contributed by atoms with E-state index in [1.807, 2.05) is 36.5 Å². The summed E-state index contributed by atoms with van der Waals surface area (Å²) in [4.78, 5) is 21.1. The van der Waals surface area contributed by atoms with Gasteiger partial charge in [-0.2, -0.15) is 0 Å². The molecular weight excluding hydrogens is 376 g/mol. The van der Waals surface area contributed by atoms with Crippen LogP contribution in [-0.4, -0.2) is 65.2 Å². The lowest BCUT2D eigenvalue weighted by Gasteiger charge is -2.34. The number of imidazole rings is 1. The first-order chi connectivity index (χ1) is 14.7. The molecule has 0 amide bonds. The number of methoxy groups -OCH3 is 1. The lowest BCUT2D eigenvalue weighted by atomic mass is 10.1. The van der Waals surface area contributed by atoms with E-state index in [2.05, 4.69) is 49.8 Å². The zero-order valence-corrected chi connectivity index (χ0v) is 17.4. The Morgan fingerprint density at radius 3 is 2.33 bits per heavy atom. The van der Waals surface area contributed by atoms with Crippen molar-refractivity contribution in [3.63, 3.8) is 0 Å². The second kappa shape index (κ2) is 9.69. The molecule has 4 rings (SSSR count). The maximum Gasteiger partial charge on any atom is 0.337 e. The number of benzene rings is 2. The van der Waals surface area contributed by atoms with Crippen LogP contribution in [0.3, 0.4) is 0 Å². The predicted octanol–water partition coefficient (Wildman–Crippen LogP) is 3.15. The van der Waals surface area contributed by atoms with Gasteiger partial charge in [0.25, 0.3) is 0 Å². The highest BCUT2D eigenvalue weighted by atomic mass is 16.5. The molecule has 0 spiro atoms. The third-order valence-electron chi connectivity index (χ3n) is 5.65. The van der Waals surface area contributed by atoms with Crippen LogP contribution in [-0.2, 0) is 17.8 Å². The van der Waals surface area contributed by atoms with Crippen molar-refractivity contribution in [2.75, 3.05) is 39.8 Å². The number of nitrogens with zero attached hydrogens (tertiary/aromatic N) is 4. The molecule has 30 heavy (non-hydrogen) atoms. The summed E-state index contributed by atoms with van der Waals surface area (Å²) in [5.41, 5.74) is 2.98. The van der Waals surface area contributed by atoms with Crippen LogP contribution in [0.25, 0.3) is 11.4 Å². The summed E-state index contributed by atoms with van der Waals surface area (Å²) in [6.07, 6.45) is 3.95. The Bertz CT molecular complexity index is 945. The van der Waals surface area contributed by atoms with Gasteiger partial charge in [-0.25, -0.2) is 9.78 Å². The van der Waals surface area contributed by atoms with E-state index in [4.69, 9.17) is 4.74 Å². The monoisotopic (exact) mass is 404 g/mol. The van der Waals surface area contributed by atoms with Gasteiger partial charge in [-0.05, 0) is 17.7 Å². The van der Waals surface area contributed by atoms with Crippen molar-refractivity contribution in [1.29, 1.82) is 0 Å². The summed E-state index contributed by atoms with van der Waals surface area (Å²) in [6.45, 7) is 7.11. The van der Waals surface area contributed by atoms with Gasteiger partial charge in [-0.1, -0.05) is 42.5 Å². The van der Waals surface area contributed by atoms with E-state index < -0.39 is 0 Å². The van der Waals surface area contributed by atoms with Crippen molar-refractivity contribution < 1.29 is 9.53 Å². The number of rotatable bonds is 7. The smallest absolute Gasteiger partial charge is 0.337 e. The molecule has 2 heterocycles. The van der Waals surface area contributed by atoms with Gasteiger partial charge in [-0.15, -0.1) is 0 Å². The van der Waals surface area contributed by atoms with E-state index in [-0.39, 0.29) is 5.97 Å². The molecule has 1 aromatic heterocycles. The van der Waals surface area contributed by atoms with Crippen molar-refractivity contribution in [3.05, 3.63) is 78.1 Å². The van der Waals surface area contributed by atoms with Gasteiger partial charge in [0, 0.05) is 63.8 Å². The molecular formula is C24H28N4O2. The SMILES string of the molecule is COC(=O)c1ccc(CN2CCN(CCn3ccnc3-c3ccccc3)CC2)cc1. The second-order valence-electron chi connectivity index (χ2n) is 7.62. The summed E-state index contributed by atoms with van der Waals surface area (Å²) in [6, 6.07) is 18.1. The fourth-order valence-corrected chi connectivity index (χ4v) is 3.88. The molecule has 2 aromatic carbocycles. The highest BCUT2D eigenvalue weighted by Crippen LogP contribution is 2.17. The van der Waals surface area contributed by atoms with Crippen molar-refractivity contribution in [2.45, 2.75) is 13.1 Å². The largest absolute Gasteiger partial charge is 0.465 e. The molecule has 0 bridgehead atoms. The highest BCUT2D eigenvalue weighted by Gasteiger charge is 2.17. The molecule has 0 N–H and O–H groups in total. The van der Waals surface area contributed by atoms with Crippen molar-refractivity contribution in [3.8, 4) is 11.4 Å². The molecule has 1 saturated heterocycles. The number of hydrogen-bond donors (Lipinski definition) is 0. The topological polar surface area (TPSA) is 50.6 Å². The minimum absolute atomic E-state index is 0.288. The molecule has 0 aliphatic carbocycles. The zero-order valence-electron chi connectivity index (χ0n) is 17.4. The van der Waals surface area contributed by atoms with Crippen LogP contribution in [0.1, 0.15) is 15.9 Å². The number of carbonyl (C=O) groups excluding carboxylic acids is 1. The molecule has 0 atom stereocenters. The first-order valence-electron chi connectivity index (χ1n) is 10.4. The number of ether oxygens (including phenoxy) is 1. The molecule has 6 nitrogen and oxygen atoms in total. The first-order valence-corrected chi connectivity index (χ1v) is 10.4. The predicted molar refractivity (Wildman–Crippen MR) is 117 cm³/mol. The van der Waals surface area contributed by atoms with Crippen LogP contribution in [0.2, 0.25) is 0 Å². The minimum Gasteiger partial charge on any atom is -0.465 e. The molecule has 156 valence electrons. The quantitative estimate of drug-likeness (QED) is 0.566. The number of carbonyl (C=O) groups is 1. The van der Waals surface area contributed by atoms with Crippen LogP contribution < -0.4 is 0 Å². The van der Waals surface area contributed by atoms with Crippen molar-refractivity contribution >= 4 is 5.97 Å². The van der Waals surface area contributed by atoms with E-state index in [0.717, 1.165) is 57.2 Å². The van der Waals surface area contributed by atoms with E-state index in [1.165, 1.54) is 12.7 Å². The summed E-state index contributed by atoms with van der Waals surface area (Å²) in [5.74, 6) is 0.744. The summed E-state index contributed by atoms with van der Waals surface area (Å²) in [5, 5.41) is 0. The Morgan fingerprint density at radius 2 is 1.63 bits per heavy atom. The fourth-order valence-electron chi connectivity index (χ4n) is 3.88. The fraction of sp³-hybridized carbons (Fsp3) is 0.333. The molecule has 0 unspecified atom stereocenters. The standard InChI is InChI=1S/C24H28N4O2/c1-30-24(29)22-9-7-20(8-10-22)19-27-15-13-26(14-16-27)17-18-28-12-11-25-23(28)21-5-3-2-4-6-21/h2-12H,13-19H2,1H3. The lowest BCUT2D eigenvalue weighted by Crippen LogP contribution is -2.46.